The number of ether oxygens (including phenoxy) is 1. The second-order valence-corrected chi connectivity index (χ2v) is 7.16. The molecule has 1 aromatic carbocycles. The van der Waals surface area contributed by atoms with Gasteiger partial charge in [0, 0.05) is 32.7 Å². The highest BCUT2D eigenvalue weighted by Crippen LogP contribution is 2.13. The van der Waals surface area contributed by atoms with E-state index in [0.717, 1.165) is 78.0 Å². The van der Waals surface area contributed by atoms with Crippen LogP contribution in [-0.2, 0) is 17.8 Å². The molecule has 1 aliphatic rings. The molecular weight excluding hydrogens is 350 g/mol. The largest absolute Gasteiger partial charge is 0.379 e. The summed E-state index contributed by atoms with van der Waals surface area (Å²) < 4.78 is 5.41. The van der Waals surface area contributed by atoms with Gasteiger partial charge in [0.15, 0.2) is 5.96 Å². The van der Waals surface area contributed by atoms with Crippen LogP contribution in [0, 0.1) is 0 Å². The van der Waals surface area contributed by atoms with Gasteiger partial charge >= 0.3 is 0 Å². The van der Waals surface area contributed by atoms with Crippen LogP contribution in [0.15, 0.2) is 29.3 Å². The smallest absolute Gasteiger partial charge is 0.191 e. The van der Waals surface area contributed by atoms with Crippen molar-refractivity contribution in [2.75, 3.05) is 59.0 Å². The highest BCUT2D eigenvalue weighted by Gasteiger charge is 2.09. The Morgan fingerprint density at radius 3 is 2.46 bits per heavy atom. The fraction of sp³-hybridized carbons (Fsp3) is 0.682. The van der Waals surface area contributed by atoms with Crippen molar-refractivity contribution in [2.45, 2.75) is 40.3 Å². The second kappa shape index (κ2) is 13.5. The van der Waals surface area contributed by atoms with Crippen LogP contribution in [0.2, 0.25) is 0 Å². The van der Waals surface area contributed by atoms with E-state index < -0.39 is 0 Å². The summed E-state index contributed by atoms with van der Waals surface area (Å²) in [5, 5.41) is 6.85. The summed E-state index contributed by atoms with van der Waals surface area (Å²) in [5.74, 6) is 0.905. The molecular formula is C22H39N5O. The Balaban J connectivity index is 1.85. The monoisotopic (exact) mass is 389 g/mol. The molecule has 0 bridgehead atoms. The minimum Gasteiger partial charge on any atom is -0.379 e. The molecule has 0 radical (unpaired) electrons. The molecule has 6 nitrogen and oxygen atoms in total. The van der Waals surface area contributed by atoms with Gasteiger partial charge < -0.3 is 15.4 Å². The normalized spacial score (nSPS) is 15.8. The maximum Gasteiger partial charge on any atom is 0.191 e. The molecule has 28 heavy (non-hydrogen) atoms. The predicted molar refractivity (Wildman–Crippen MR) is 118 cm³/mol. The molecule has 1 aliphatic heterocycles. The van der Waals surface area contributed by atoms with Gasteiger partial charge in [-0.3, -0.25) is 9.80 Å². The number of rotatable bonds is 11. The number of nitrogens with one attached hydrogen (secondary N) is 2. The lowest BCUT2D eigenvalue weighted by Crippen LogP contribution is -2.40. The van der Waals surface area contributed by atoms with E-state index in [1.807, 2.05) is 0 Å². The lowest BCUT2D eigenvalue weighted by molar-refractivity contribution is 0.0376. The Hall–Kier alpha value is -1.63. The van der Waals surface area contributed by atoms with Gasteiger partial charge in [0.1, 0.15) is 0 Å². The molecule has 0 spiro atoms. The Kier molecular flexibility index (Phi) is 10.9. The van der Waals surface area contributed by atoms with Gasteiger partial charge in [0.25, 0.3) is 0 Å². The number of hydrogen-bond acceptors (Lipinski definition) is 4. The molecule has 2 rings (SSSR count). The zero-order chi connectivity index (χ0) is 20.0. The third-order valence-electron chi connectivity index (χ3n) is 5.21. The van der Waals surface area contributed by atoms with E-state index in [-0.39, 0.29) is 0 Å². The van der Waals surface area contributed by atoms with Gasteiger partial charge in [0.05, 0.1) is 19.8 Å². The molecule has 1 heterocycles. The fourth-order valence-corrected chi connectivity index (χ4v) is 3.39. The van der Waals surface area contributed by atoms with Crippen molar-refractivity contribution in [3.8, 4) is 0 Å². The van der Waals surface area contributed by atoms with Crippen LogP contribution in [0.25, 0.3) is 0 Å². The highest BCUT2D eigenvalue weighted by atomic mass is 16.5. The minimum atomic E-state index is 0.705. The molecule has 0 atom stereocenters. The number of morpholine rings is 1. The van der Waals surface area contributed by atoms with Crippen molar-refractivity contribution in [3.05, 3.63) is 35.4 Å². The number of aliphatic imine (C=N–C) groups is 1. The zero-order valence-corrected chi connectivity index (χ0v) is 18.0. The number of benzene rings is 1. The first-order chi connectivity index (χ1) is 13.8. The Morgan fingerprint density at radius 1 is 1.07 bits per heavy atom. The first kappa shape index (κ1) is 22.7. The molecule has 2 N–H and O–H groups in total. The van der Waals surface area contributed by atoms with Crippen molar-refractivity contribution in [1.29, 1.82) is 0 Å². The summed E-state index contributed by atoms with van der Waals surface area (Å²) in [5.41, 5.74) is 2.68. The lowest BCUT2D eigenvalue weighted by Gasteiger charge is -2.26. The van der Waals surface area contributed by atoms with Crippen LogP contribution in [0.5, 0.6) is 0 Å². The first-order valence-electron chi connectivity index (χ1n) is 10.9. The topological polar surface area (TPSA) is 52.1 Å². The van der Waals surface area contributed by atoms with Crippen molar-refractivity contribution >= 4 is 5.96 Å². The molecule has 0 aromatic heterocycles. The minimum absolute atomic E-state index is 0.705. The highest BCUT2D eigenvalue weighted by molar-refractivity contribution is 5.79. The summed E-state index contributed by atoms with van der Waals surface area (Å²) in [7, 11) is 0. The molecule has 0 amide bonds. The molecule has 0 unspecified atom stereocenters. The van der Waals surface area contributed by atoms with E-state index in [2.05, 4.69) is 65.5 Å². The van der Waals surface area contributed by atoms with Gasteiger partial charge in [-0.05, 0) is 44.1 Å². The van der Waals surface area contributed by atoms with Gasteiger partial charge in [-0.2, -0.15) is 0 Å². The Labute approximate surface area is 171 Å². The van der Waals surface area contributed by atoms with E-state index in [0.29, 0.717) is 6.54 Å². The van der Waals surface area contributed by atoms with Crippen LogP contribution in [0.1, 0.15) is 38.3 Å². The number of hydrogen-bond donors (Lipinski definition) is 2. The van der Waals surface area contributed by atoms with Crippen molar-refractivity contribution in [3.63, 3.8) is 0 Å². The van der Waals surface area contributed by atoms with Gasteiger partial charge in [0.2, 0.25) is 0 Å². The van der Waals surface area contributed by atoms with Crippen molar-refractivity contribution in [1.82, 2.24) is 20.4 Å². The molecule has 0 aliphatic carbocycles. The van der Waals surface area contributed by atoms with E-state index in [9.17, 15) is 0 Å². The molecule has 1 aromatic rings. The van der Waals surface area contributed by atoms with Gasteiger partial charge in [-0.15, -0.1) is 0 Å². The number of nitrogens with zero attached hydrogens (tertiary/aromatic N) is 3. The van der Waals surface area contributed by atoms with Crippen LogP contribution >= 0.6 is 0 Å². The lowest BCUT2D eigenvalue weighted by atomic mass is 10.1. The second-order valence-electron chi connectivity index (χ2n) is 7.16. The number of guanidine groups is 1. The Morgan fingerprint density at radius 2 is 1.79 bits per heavy atom. The summed E-state index contributed by atoms with van der Waals surface area (Å²) in [6, 6.07) is 8.66. The van der Waals surface area contributed by atoms with Gasteiger partial charge in [-0.25, -0.2) is 4.99 Å². The van der Waals surface area contributed by atoms with Crippen LogP contribution in [0.4, 0.5) is 0 Å². The van der Waals surface area contributed by atoms with Crippen molar-refractivity contribution < 1.29 is 4.74 Å². The maximum absolute atomic E-state index is 5.41. The SMILES string of the molecule is CCNC(=NCc1ccccc1CN(CC)CC)NCCCN1CCOCC1. The summed E-state index contributed by atoms with van der Waals surface area (Å²) in [6.07, 6.45) is 1.11. The van der Waals surface area contributed by atoms with E-state index in [1.54, 1.807) is 0 Å². The summed E-state index contributed by atoms with van der Waals surface area (Å²) in [4.78, 5) is 9.74. The van der Waals surface area contributed by atoms with E-state index >= 15 is 0 Å². The average molecular weight is 390 g/mol. The predicted octanol–water partition coefficient (Wildman–Crippen LogP) is 2.31. The summed E-state index contributed by atoms with van der Waals surface area (Å²) >= 11 is 0. The molecule has 158 valence electrons. The third kappa shape index (κ3) is 8.17. The van der Waals surface area contributed by atoms with Crippen molar-refractivity contribution in [2.24, 2.45) is 4.99 Å². The first-order valence-corrected chi connectivity index (χ1v) is 10.9. The van der Waals surface area contributed by atoms with Crippen LogP contribution in [-0.4, -0.2) is 74.8 Å². The quantitative estimate of drug-likeness (QED) is 0.346. The third-order valence-corrected chi connectivity index (χ3v) is 5.21. The van der Waals surface area contributed by atoms with Gasteiger partial charge in [-0.1, -0.05) is 38.1 Å². The average Bonchev–Trinajstić information content (AvgIpc) is 2.74. The van der Waals surface area contributed by atoms with Crippen LogP contribution < -0.4 is 10.6 Å². The zero-order valence-electron chi connectivity index (χ0n) is 18.0. The van der Waals surface area contributed by atoms with E-state index in [1.165, 1.54) is 11.1 Å². The molecule has 0 saturated carbocycles. The fourth-order valence-electron chi connectivity index (χ4n) is 3.39. The molecule has 1 fully saturated rings. The Bertz CT molecular complexity index is 568. The molecule has 6 heteroatoms. The maximum atomic E-state index is 5.41. The standard InChI is InChI=1S/C22H39N5O/c1-4-23-22(24-12-9-13-27-14-16-28-17-15-27)25-18-20-10-7-8-11-21(20)19-26(5-2)6-3/h7-8,10-11H,4-6,9,12-19H2,1-3H3,(H2,23,24,25). The summed E-state index contributed by atoms with van der Waals surface area (Å²) in [6.45, 7) is 17.1. The van der Waals surface area contributed by atoms with E-state index in [4.69, 9.17) is 9.73 Å². The van der Waals surface area contributed by atoms with Crippen LogP contribution in [0.3, 0.4) is 0 Å². The molecule has 1 saturated heterocycles.